The third-order valence-corrected chi connectivity index (χ3v) is 10.5. The molecule has 0 N–H and O–H groups in total. The average molecular weight is 583 g/mol. The molecule has 4 aliphatic carbocycles. The Balaban J connectivity index is 1.28. The Morgan fingerprint density at radius 2 is 1.62 bits per heavy atom. The maximum atomic E-state index is 2.62. The maximum Gasteiger partial charge on any atom is 0.0616 e. The zero-order chi connectivity index (χ0) is 30.1. The van der Waals surface area contributed by atoms with Gasteiger partial charge in [-0.25, -0.2) is 0 Å². The first-order chi connectivity index (χ1) is 22.1. The van der Waals surface area contributed by atoms with E-state index in [0.29, 0.717) is 0 Å². The van der Waals surface area contributed by atoms with E-state index in [1.165, 1.54) is 78.0 Å². The van der Waals surface area contributed by atoms with Crippen LogP contribution in [0, 0.1) is 0 Å². The molecule has 0 bridgehead atoms. The highest BCUT2D eigenvalue weighted by Gasteiger charge is 2.38. The SMILES string of the molecule is CC1(C)c2cc(N(C3=CCCC=C3)C3=CC=CCC3)ccc2-c2c(-n3c4c(c5ccc6ccccc6c53)C=CCC4)cccc21. The number of anilines is 1. The summed E-state index contributed by atoms with van der Waals surface area (Å²) in [4.78, 5) is 2.51. The van der Waals surface area contributed by atoms with Crippen molar-refractivity contribution in [1.82, 2.24) is 4.57 Å². The van der Waals surface area contributed by atoms with Crippen LogP contribution in [0.1, 0.15) is 68.3 Å². The second-order valence-corrected chi connectivity index (χ2v) is 13.4. The first kappa shape index (κ1) is 26.6. The molecule has 9 rings (SSSR count). The topological polar surface area (TPSA) is 8.17 Å². The van der Waals surface area contributed by atoms with E-state index >= 15 is 0 Å². The van der Waals surface area contributed by atoms with Crippen LogP contribution in [0.2, 0.25) is 0 Å². The van der Waals surface area contributed by atoms with Crippen molar-refractivity contribution < 1.29 is 0 Å². The Morgan fingerprint density at radius 1 is 0.733 bits per heavy atom. The van der Waals surface area contributed by atoms with Crippen molar-refractivity contribution in [1.29, 1.82) is 0 Å². The minimum Gasteiger partial charge on any atom is -0.315 e. The normalized spacial score (nSPS) is 17.6. The Hall–Kier alpha value is -4.82. The lowest BCUT2D eigenvalue weighted by Gasteiger charge is -2.32. The molecule has 4 aromatic carbocycles. The summed E-state index contributed by atoms with van der Waals surface area (Å²) in [5.41, 5.74) is 14.8. The number of benzene rings is 4. The molecule has 0 atom stereocenters. The molecule has 0 spiro atoms. The van der Waals surface area contributed by atoms with Gasteiger partial charge in [0, 0.05) is 50.1 Å². The van der Waals surface area contributed by atoms with Crippen LogP contribution in [0.25, 0.3) is 44.6 Å². The van der Waals surface area contributed by atoms with Crippen molar-refractivity contribution in [3.8, 4) is 16.8 Å². The fourth-order valence-electron chi connectivity index (χ4n) is 8.35. The van der Waals surface area contributed by atoms with E-state index in [-0.39, 0.29) is 5.41 Å². The molecule has 2 nitrogen and oxygen atoms in total. The van der Waals surface area contributed by atoms with E-state index in [1.807, 2.05) is 0 Å². The van der Waals surface area contributed by atoms with Gasteiger partial charge in [0.05, 0.1) is 11.2 Å². The van der Waals surface area contributed by atoms with Crippen molar-refractivity contribution in [2.45, 2.75) is 57.8 Å². The summed E-state index contributed by atoms with van der Waals surface area (Å²) in [7, 11) is 0. The molecule has 45 heavy (non-hydrogen) atoms. The molecule has 0 aliphatic heterocycles. The predicted octanol–water partition coefficient (Wildman–Crippen LogP) is 11.3. The zero-order valence-corrected chi connectivity index (χ0v) is 26.2. The first-order valence-corrected chi connectivity index (χ1v) is 16.6. The summed E-state index contributed by atoms with van der Waals surface area (Å²) in [5, 5.41) is 3.97. The molecule has 0 saturated heterocycles. The fraction of sp³-hybridized carbons (Fsp3) is 0.209. The summed E-state index contributed by atoms with van der Waals surface area (Å²) in [6.07, 6.45) is 25.0. The highest BCUT2D eigenvalue weighted by atomic mass is 15.2. The van der Waals surface area contributed by atoms with Gasteiger partial charge < -0.3 is 9.47 Å². The van der Waals surface area contributed by atoms with Crippen LogP contribution < -0.4 is 4.90 Å². The van der Waals surface area contributed by atoms with E-state index in [1.54, 1.807) is 0 Å². The van der Waals surface area contributed by atoms with Crippen molar-refractivity contribution in [2.75, 3.05) is 4.90 Å². The van der Waals surface area contributed by atoms with Crippen LogP contribution in [0.5, 0.6) is 0 Å². The number of fused-ring (bicyclic) bond motifs is 8. The second-order valence-electron chi connectivity index (χ2n) is 13.4. The largest absolute Gasteiger partial charge is 0.315 e. The van der Waals surface area contributed by atoms with Gasteiger partial charge in [-0.1, -0.05) is 105 Å². The summed E-state index contributed by atoms with van der Waals surface area (Å²) < 4.78 is 2.62. The number of hydrogen-bond acceptors (Lipinski definition) is 1. The number of aromatic nitrogens is 1. The van der Waals surface area contributed by atoms with Gasteiger partial charge in [0.25, 0.3) is 0 Å². The summed E-state index contributed by atoms with van der Waals surface area (Å²) in [6.45, 7) is 4.83. The van der Waals surface area contributed by atoms with Crippen molar-refractivity contribution in [3.63, 3.8) is 0 Å². The molecule has 0 unspecified atom stereocenters. The lowest BCUT2D eigenvalue weighted by atomic mass is 9.82. The molecule has 1 aromatic heterocycles. The van der Waals surface area contributed by atoms with Crippen LogP contribution in [-0.4, -0.2) is 4.57 Å². The third-order valence-electron chi connectivity index (χ3n) is 10.5. The smallest absolute Gasteiger partial charge is 0.0616 e. The second kappa shape index (κ2) is 10.1. The van der Waals surface area contributed by atoms with Crippen LogP contribution in [0.4, 0.5) is 5.69 Å². The average Bonchev–Trinajstić information content (AvgIpc) is 3.55. The van der Waals surface area contributed by atoms with Crippen molar-refractivity contribution in [2.24, 2.45) is 0 Å². The number of rotatable bonds is 4. The molecular weight excluding hydrogens is 544 g/mol. The summed E-state index contributed by atoms with van der Waals surface area (Å²) in [5.74, 6) is 0. The van der Waals surface area contributed by atoms with Gasteiger partial charge >= 0.3 is 0 Å². The molecule has 0 fully saturated rings. The number of hydrogen-bond donors (Lipinski definition) is 0. The van der Waals surface area contributed by atoms with Crippen LogP contribution in [0.3, 0.4) is 0 Å². The number of allylic oxidation sites excluding steroid dienone is 8. The molecule has 220 valence electrons. The van der Waals surface area contributed by atoms with Crippen LogP contribution >= 0.6 is 0 Å². The van der Waals surface area contributed by atoms with Crippen LogP contribution in [0.15, 0.2) is 127 Å². The van der Waals surface area contributed by atoms with Gasteiger partial charge in [0.2, 0.25) is 0 Å². The predicted molar refractivity (Wildman–Crippen MR) is 191 cm³/mol. The van der Waals surface area contributed by atoms with Crippen molar-refractivity contribution >= 4 is 33.4 Å². The minimum atomic E-state index is -0.120. The van der Waals surface area contributed by atoms with Gasteiger partial charge in [0.1, 0.15) is 0 Å². The molecule has 4 aliphatic rings. The van der Waals surface area contributed by atoms with Gasteiger partial charge in [-0.2, -0.15) is 0 Å². The van der Waals surface area contributed by atoms with E-state index < -0.39 is 0 Å². The Labute approximate surface area is 266 Å². The molecule has 5 aromatic rings. The van der Waals surface area contributed by atoms with Gasteiger partial charge in [-0.3, -0.25) is 0 Å². The summed E-state index contributed by atoms with van der Waals surface area (Å²) in [6, 6.07) is 27.8. The number of nitrogens with zero attached hydrogens (tertiary/aromatic N) is 2. The van der Waals surface area contributed by atoms with E-state index in [2.05, 4.69) is 145 Å². The van der Waals surface area contributed by atoms with Crippen LogP contribution in [-0.2, 0) is 11.8 Å². The molecule has 0 saturated carbocycles. The zero-order valence-electron chi connectivity index (χ0n) is 26.2. The van der Waals surface area contributed by atoms with E-state index in [4.69, 9.17) is 0 Å². The maximum absolute atomic E-state index is 2.62. The van der Waals surface area contributed by atoms with Gasteiger partial charge in [-0.05, 0) is 91.0 Å². The Kier molecular flexibility index (Phi) is 5.97. The fourth-order valence-corrected chi connectivity index (χ4v) is 8.35. The minimum absolute atomic E-state index is 0.120. The highest BCUT2D eigenvalue weighted by Crippen LogP contribution is 2.53. The Morgan fingerprint density at radius 3 is 2.49 bits per heavy atom. The highest BCUT2D eigenvalue weighted by molar-refractivity contribution is 6.11. The molecule has 2 heteroatoms. The monoisotopic (exact) mass is 582 g/mol. The lowest BCUT2D eigenvalue weighted by molar-refractivity contribution is 0.660. The first-order valence-electron chi connectivity index (χ1n) is 16.6. The molecule has 1 heterocycles. The summed E-state index contributed by atoms with van der Waals surface area (Å²) >= 11 is 0. The third kappa shape index (κ3) is 3.94. The lowest BCUT2D eigenvalue weighted by Crippen LogP contribution is -2.23. The van der Waals surface area contributed by atoms with E-state index in [0.717, 1.165) is 38.5 Å². The molecule has 0 amide bonds. The molecule has 0 radical (unpaired) electrons. The quantitative estimate of drug-likeness (QED) is 0.205. The van der Waals surface area contributed by atoms with Gasteiger partial charge in [0.15, 0.2) is 0 Å². The van der Waals surface area contributed by atoms with Gasteiger partial charge in [-0.15, -0.1) is 0 Å². The molecular formula is C43H38N2. The Bertz CT molecular complexity index is 2190. The standard InChI is InChI=1S/C43H38N2/c1-43(2)37-21-13-23-40(45-39-22-12-11-20-34(39)35-26-24-29-14-9-10-19-33(29)42(35)45)41(37)36-27-25-32(28-38(36)43)44(30-15-5-3-6-16-30)31-17-7-4-8-18-31/h3,5,7,9-11,13-15,17-21,23-28H,4,6,8,12,16,22H2,1-2H3. The van der Waals surface area contributed by atoms with Crippen molar-refractivity contribution in [3.05, 3.63) is 149 Å². The van der Waals surface area contributed by atoms with E-state index in [9.17, 15) is 0 Å².